The van der Waals surface area contributed by atoms with Crippen molar-refractivity contribution in [1.29, 1.82) is 0 Å². The molecule has 0 aromatic heterocycles. The van der Waals surface area contributed by atoms with Gasteiger partial charge in [0.25, 0.3) is 7.37 Å². The number of fused-ring (bicyclic) bond motifs is 1. The summed E-state index contributed by atoms with van der Waals surface area (Å²) in [5, 5.41) is 4.10. The summed E-state index contributed by atoms with van der Waals surface area (Å²) < 4.78 is 46.0. The molecule has 6 atom stereocenters. The van der Waals surface area contributed by atoms with Gasteiger partial charge < -0.3 is 28.8 Å². The Morgan fingerprint density at radius 1 is 0.848 bits per heavy atom. The lowest BCUT2D eigenvalue weighted by Crippen LogP contribution is -2.57. The highest BCUT2D eigenvalue weighted by Gasteiger charge is 2.62. The van der Waals surface area contributed by atoms with Crippen LogP contribution in [-0.2, 0) is 28.0 Å². The summed E-state index contributed by atoms with van der Waals surface area (Å²) in [5.41, 5.74) is 1.99. The quantitative estimate of drug-likeness (QED) is 0.660. The van der Waals surface area contributed by atoms with E-state index in [9.17, 15) is 4.57 Å². The zero-order valence-electron chi connectivity index (χ0n) is 19.7. The van der Waals surface area contributed by atoms with E-state index in [1.807, 2.05) is 89.2 Å². The van der Waals surface area contributed by atoms with Gasteiger partial charge in [0.1, 0.15) is 30.2 Å². The minimum absolute atomic E-state index is 0.329. The first-order chi connectivity index (χ1) is 15.6. The van der Waals surface area contributed by atoms with Crippen LogP contribution in [0.25, 0.3) is 0 Å². The molecule has 8 heteroatoms. The molecule has 3 heterocycles. The summed E-state index contributed by atoms with van der Waals surface area (Å²) in [6.45, 7) is 9.83. The van der Waals surface area contributed by atoms with Crippen LogP contribution in [0.5, 0.6) is 0 Å². The molecule has 0 amide bonds. The van der Waals surface area contributed by atoms with Crippen LogP contribution in [0.3, 0.4) is 0 Å². The van der Waals surface area contributed by atoms with Gasteiger partial charge in [-0.1, -0.05) is 35.9 Å². The zero-order chi connectivity index (χ0) is 23.4. The lowest BCUT2D eigenvalue weighted by atomic mass is 10.0. The Kier molecular flexibility index (Phi) is 5.72. The molecule has 1 unspecified atom stereocenters. The fraction of sp³-hybridized carbons (Fsp3) is 0.520. The van der Waals surface area contributed by atoms with Gasteiger partial charge in [-0.25, -0.2) is 0 Å². The number of ether oxygens (including phenoxy) is 4. The third-order valence-electron chi connectivity index (χ3n) is 6.32. The summed E-state index contributed by atoms with van der Waals surface area (Å²) in [7, 11) is -3.48. The highest BCUT2D eigenvalue weighted by atomic mass is 31.2. The number of aryl methyl sites for hydroxylation is 1. The summed E-state index contributed by atoms with van der Waals surface area (Å²) >= 11 is 0. The third-order valence-corrected chi connectivity index (χ3v) is 9.05. The number of anilines is 1. The normalized spacial score (nSPS) is 36.9. The molecular formula is C25H32NO6P. The van der Waals surface area contributed by atoms with Gasteiger partial charge in [-0.15, -0.1) is 0 Å². The van der Waals surface area contributed by atoms with Crippen molar-refractivity contribution in [3.05, 3.63) is 60.2 Å². The average Bonchev–Trinajstić information content (AvgIpc) is 3.30. The van der Waals surface area contributed by atoms with E-state index in [0.29, 0.717) is 11.9 Å². The van der Waals surface area contributed by atoms with E-state index in [1.165, 1.54) is 0 Å². The second kappa shape index (κ2) is 8.19. The molecular weight excluding hydrogens is 441 g/mol. The van der Waals surface area contributed by atoms with E-state index in [-0.39, 0.29) is 0 Å². The summed E-state index contributed by atoms with van der Waals surface area (Å²) in [4.78, 5) is 0. The molecule has 0 bridgehead atoms. The monoisotopic (exact) mass is 473 g/mol. The molecule has 178 valence electrons. The van der Waals surface area contributed by atoms with Crippen molar-refractivity contribution in [3.63, 3.8) is 0 Å². The van der Waals surface area contributed by atoms with Crippen molar-refractivity contribution < 1.29 is 28.0 Å². The van der Waals surface area contributed by atoms with Gasteiger partial charge in [0.05, 0.1) is 6.61 Å². The SMILES string of the molecule is Cc1ccc(N[C@H]2[C@H]3OC(C)(C)O[C@H]3[C@@H]([C@H]3COC(C)(C)O3)OP2(=O)c2ccccc2)cc1. The van der Waals surface area contributed by atoms with Crippen LogP contribution in [0.1, 0.15) is 33.3 Å². The van der Waals surface area contributed by atoms with E-state index < -0.39 is 49.1 Å². The largest absolute Gasteiger partial charge is 0.371 e. The predicted molar refractivity (Wildman–Crippen MR) is 126 cm³/mol. The molecule has 0 saturated carbocycles. The molecule has 3 fully saturated rings. The van der Waals surface area contributed by atoms with Crippen molar-refractivity contribution in [3.8, 4) is 0 Å². The number of nitrogens with one attached hydrogen (secondary N) is 1. The van der Waals surface area contributed by atoms with E-state index in [1.54, 1.807) is 0 Å². The number of hydrogen-bond donors (Lipinski definition) is 1. The Morgan fingerprint density at radius 2 is 1.52 bits per heavy atom. The number of benzene rings is 2. The van der Waals surface area contributed by atoms with E-state index in [4.69, 9.17) is 23.5 Å². The van der Waals surface area contributed by atoms with Crippen LogP contribution in [-0.4, -0.2) is 48.4 Å². The van der Waals surface area contributed by atoms with Gasteiger partial charge >= 0.3 is 0 Å². The fourth-order valence-electron chi connectivity index (χ4n) is 4.82. The maximum atomic E-state index is 14.8. The first kappa shape index (κ1) is 23.0. The Labute approximate surface area is 195 Å². The maximum absolute atomic E-state index is 14.8. The third kappa shape index (κ3) is 4.39. The van der Waals surface area contributed by atoms with Crippen molar-refractivity contribution in [1.82, 2.24) is 0 Å². The molecule has 5 rings (SSSR count). The van der Waals surface area contributed by atoms with Gasteiger partial charge in [-0.05, 0) is 58.9 Å². The Balaban J connectivity index is 1.57. The molecule has 3 aliphatic heterocycles. The minimum atomic E-state index is -3.48. The van der Waals surface area contributed by atoms with Crippen LogP contribution in [0.4, 0.5) is 5.69 Å². The van der Waals surface area contributed by atoms with E-state index >= 15 is 0 Å². The Bertz CT molecular complexity index is 1040. The van der Waals surface area contributed by atoms with Gasteiger partial charge in [-0.2, -0.15) is 0 Å². The molecule has 1 N–H and O–H groups in total. The zero-order valence-corrected chi connectivity index (χ0v) is 20.6. The molecule has 0 radical (unpaired) electrons. The van der Waals surface area contributed by atoms with Crippen LogP contribution < -0.4 is 10.6 Å². The van der Waals surface area contributed by atoms with E-state index in [0.717, 1.165) is 11.3 Å². The summed E-state index contributed by atoms with van der Waals surface area (Å²) in [6.07, 6.45) is -2.03. The fourth-order valence-corrected chi connectivity index (χ4v) is 7.53. The molecule has 2 aromatic carbocycles. The first-order valence-corrected chi connectivity index (χ1v) is 13.1. The average molecular weight is 474 g/mol. The van der Waals surface area contributed by atoms with Crippen LogP contribution >= 0.6 is 7.37 Å². The second-order valence-electron chi connectivity index (χ2n) is 9.89. The smallest absolute Gasteiger partial charge is 0.256 e. The Hall–Kier alpha value is -1.73. The maximum Gasteiger partial charge on any atom is 0.256 e. The van der Waals surface area contributed by atoms with Crippen LogP contribution in [0.2, 0.25) is 0 Å². The van der Waals surface area contributed by atoms with Gasteiger partial charge in [0, 0.05) is 11.0 Å². The van der Waals surface area contributed by atoms with Crippen molar-refractivity contribution in [2.45, 2.75) is 76.4 Å². The standard InChI is InChI=1S/C25H32NO6P/c1-16-11-13-17(14-12-16)26-23-22-21(30-25(4,5)31-22)20(19-15-28-24(2,3)29-19)32-33(23,27)18-9-7-6-8-10-18/h6-14,19-23,26H,15H2,1-5H3/t19-,20-,21+,22+,23-,33?/m1/s1. The summed E-state index contributed by atoms with van der Waals surface area (Å²) in [5.74, 6) is -2.24. The van der Waals surface area contributed by atoms with Crippen molar-refractivity contribution in [2.24, 2.45) is 0 Å². The highest BCUT2D eigenvalue weighted by Crippen LogP contribution is 2.61. The lowest BCUT2D eigenvalue weighted by Gasteiger charge is -2.44. The number of rotatable bonds is 4. The molecule has 2 aromatic rings. The topological polar surface area (TPSA) is 75.2 Å². The molecule has 0 aliphatic carbocycles. The van der Waals surface area contributed by atoms with Crippen molar-refractivity contribution >= 4 is 18.4 Å². The summed E-state index contributed by atoms with van der Waals surface area (Å²) in [6, 6.07) is 17.3. The minimum Gasteiger partial charge on any atom is -0.371 e. The molecule has 7 nitrogen and oxygen atoms in total. The molecule has 3 saturated heterocycles. The van der Waals surface area contributed by atoms with Crippen LogP contribution in [0, 0.1) is 6.92 Å². The van der Waals surface area contributed by atoms with Gasteiger partial charge in [0.2, 0.25) is 0 Å². The molecule has 0 spiro atoms. The van der Waals surface area contributed by atoms with Crippen molar-refractivity contribution in [2.75, 3.05) is 11.9 Å². The van der Waals surface area contributed by atoms with Crippen LogP contribution in [0.15, 0.2) is 54.6 Å². The highest BCUT2D eigenvalue weighted by molar-refractivity contribution is 7.68. The second-order valence-corrected chi connectivity index (χ2v) is 12.4. The molecule has 33 heavy (non-hydrogen) atoms. The van der Waals surface area contributed by atoms with E-state index in [2.05, 4.69) is 5.32 Å². The first-order valence-electron chi connectivity index (χ1n) is 11.4. The Morgan fingerprint density at radius 3 is 2.15 bits per heavy atom. The molecule has 3 aliphatic rings. The lowest BCUT2D eigenvalue weighted by molar-refractivity contribution is -0.174. The number of hydrogen-bond acceptors (Lipinski definition) is 7. The predicted octanol–water partition coefficient (Wildman–Crippen LogP) is 4.41. The van der Waals surface area contributed by atoms with Gasteiger partial charge in [0.15, 0.2) is 11.6 Å². The van der Waals surface area contributed by atoms with Gasteiger partial charge in [-0.3, -0.25) is 4.57 Å².